The van der Waals surface area contributed by atoms with Crippen LogP contribution in [0.2, 0.25) is 0 Å². The Balaban J connectivity index is 4.42. The lowest BCUT2D eigenvalue weighted by molar-refractivity contribution is 0.386. The van der Waals surface area contributed by atoms with Crippen molar-refractivity contribution in [2.24, 2.45) is 10.7 Å². The molecule has 2 N–H and O–H groups in total. The Kier molecular flexibility index (Phi) is 4.16. The molecular formula is C9H20N2. The van der Waals surface area contributed by atoms with Gasteiger partial charge in [-0.15, -0.1) is 0 Å². The summed E-state index contributed by atoms with van der Waals surface area (Å²) < 4.78 is 0. The molecule has 0 unspecified atom stereocenters. The topological polar surface area (TPSA) is 38.4 Å². The van der Waals surface area contributed by atoms with Crippen LogP contribution in [0.5, 0.6) is 0 Å². The van der Waals surface area contributed by atoms with Gasteiger partial charge in [-0.05, 0) is 26.2 Å². The van der Waals surface area contributed by atoms with Crippen molar-refractivity contribution in [3.63, 3.8) is 0 Å². The summed E-state index contributed by atoms with van der Waals surface area (Å²) in [5, 5.41) is 0. The van der Waals surface area contributed by atoms with Gasteiger partial charge in [-0.3, -0.25) is 4.99 Å². The standard InChI is InChI=1S/C9H20N2/c1-5-9(6-2,7-3)11-8(4)10/h5-7H2,1-4H3,(H2,10,11). The molecule has 0 amide bonds. The van der Waals surface area contributed by atoms with E-state index in [-0.39, 0.29) is 5.54 Å². The summed E-state index contributed by atoms with van der Waals surface area (Å²) in [5.41, 5.74) is 5.67. The van der Waals surface area contributed by atoms with Crippen LogP contribution in [0.15, 0.2) is 4.99 Å². The molecule has 66 valence electrons. The number of nitrogens with two attached hydrogens (primary N) is 1. The zero-order chi connectivity index (χ0) is 8.91. The van der Waals surface area contributed by atoms with E-state index in [1.54, 1.807) is 0 Å². The fraction of sp³-hybridized carbons (Fsp3) is 0.889. The summed E-state index contributed by atoms with van der Waals surface area (Å²) >= 11 is 0. The summed E-state index contributed by atoms with van der Waals surface area (Å²) in [6, 6.07) is 0. The van der Waals surface area contributed by atoms with Crippen LogP contribution in [0.1, 0.15) is 47.0 Å². The predicted molar refractivity (Wildman–Crippen MR) is 50.9 cm³/mol. The number of nitrogens with zero attached hydrogens (tertiary/aromatic N) is 1. The van der Waals surface area contributed by atoms with Crippen molar-refractivity contribution >= 4 is 5.84 Å². The van der Waals surface area contributed by atoms with E-state index in [4.69, 9.17) is 5.73 Å². The number of amidine groups is 1. The first-order valence-electron chi connectivity index (χ1n) is 4.42. The van der Waals surface area contributed by atoms with Gasteiger partial charge in [0.05, 0.1) is 11.4 Å². The smallest absolute Gasteiger partial charge is 0.0912 e. The van der Waals surface area contributed by atoms with E-state index in [9.17, 15) is 0 Å². The van der Waals surface area contributed by atoms with Crippen LogP contribution in [0, 0.1) is 0 Å². The maximum absolute atomic E-state index is 5.56. The van der Waals surface area contributed by atoms with Gasteiger partial charge in [0.2, 0.25) is 0 Å². The highest BCUT2D eigenvalue weighted by molar-refractivity contribution is 5.77. The minimum absolute atomic E-state index is 0.110. The number of rotatable bonds is 4. The molecule has 0 aromatic heterocycles. The first-order valence-corrected chi connectivity index (χ1v) is 4.42. The molecule has 0 bridgehead atoms. The second-order valence-corrected chi connectivity index (χ2v) is 3.04. The average Bonchev–Trinajstić information content (AvgIpc) is 2.00. The third-order valence-electron chi connectivity index (χ3n) is 2.39. The second kappa shape index (κ2) is 4.37. The van der Waals surface area contributed by atoms with E-state index in [1.165, 1.54) is 0 Å². The van der Waals surface area contributed by atoms with Crippen molar-refractivity contribution in [2.45, 2.75) is 52.5 Å². The van der Waals surface area contributed by atoms with Gasteiger partial charge in [0, 0.05) is 0 Å². The quantitative estimate of drug-likeness (QED) is 0.492. The van der Waals surface area contributed by atoms with Gasteiger partial charge >= 0.3 is 0 Å². The zero-order valence-corrected chi connectivity index (χ0v) is 8.15. The number of hydrogen-bond acceptors (Lipinski definition) is 1. The van der Waals surface area contributed by atoms with Gasteiger partial charge in [0.25, 0.3) is 0 Å². The predicted octanol–water partition coefficient (Wildman–Crippen LogP) is 2.33. The minimum atomic E-state index is 0.110. The highest BCUT2D eigenvalue weighted by atomic mass is 14.9. The van der Waals surface area contributed by atoms with E-state index in [0.717, 1.165) is 19.3 Å². The molecule has 0 aromatic rings. The molecule has 0 saturated heterocycles. The lowest BCUT2D eigenvalue weighted by Gasteiger charge is -2.25. The first kappa shape index (κ1) is 10.5. The molecule has 2 nitrogen and oxygen atoms in total. The molecule has 0 heterocycles. The molecule has 0 rings (SSSR count). The fourth-order valence-electron chi connectivity index (χ4n) is 1.36. The van der Waals surface area contributed by atoms with Gasteiger partial charge in [0.1, 0.15) is 0 Å². The molecule has 0 aromatic carbocycles. The van der Waals surface area contributed by atoms with Gasteiger partial charge < -0.3 is 5.73 Å². The van der Waals surface area contributed by atoms with E-state index >= 15 is 0 Å². The van der Waals surface area contributed by atoms with Crippen LogP contribution in [0.4, 0.5) is 0 Å². The van der Waals surface area contributed by atoms with Gasteiger partial charge in [-0.1, -0.05) is 20.8 Å². The fourth-order valence-corrected chi connectivity index (χ4v) is 1.36. The molecule has 0 fully saturated rings. The van der Waals surface area contributed by atoms with E-state index in [1.807, 2.05) is 6.92 Å². The average molecular weight is 156 g/mol. The zero-order valence-electron chi connectivity index (χ0n) is 8.15. The maximum atomic E-state index is 5.56. The monoisotopic (exact) mass is 156 g/mol. The third kappa shape index (κ3) is 2.91. The summed E-state index contributed by atoms with van der Waals surface area (Å²) in [5.74, 6) is 0.704. The third-order valence-corrected chi connectivity index (χ3v) is 2.39. The Labute approximate surface area is 69.9 Å². The molecular weight excluding hydrogens is 136 g/mol. The normalized spacial score (nSPS) is 13.6. The summed E-state index contributed by atoms with van der Waals surface area (Å²) in [4.78, 5) is 4.46. The van der Waals surface area contributed by atoms with Crippen LogP contribution in [0.3, 0.4) is 0 Å². The Morgan fingerprint density at radius 2 is 1.55 bits per heavy atom. The van der Waals surface area contributed by atoms with Crippen molar-refractivity contribution in [3.8, 4) is 0 Å². The molecule has 0 atom stereocenters. The van der Waals surface area contributed by atoms with Crippen molar-refractivity contribution in [1.82, 2.24) is 0 Å². The van der Waals surface area contributed by atoms with Crippen molar-refractivity contribution in [1.29, 1.82) is 0 Å². The Morgan fingerprint density at radius 1 is 1.18 bits per heavy atom. The lowest BCUT2D eigenvalue weighted by atomic mass is 9.91. The summed E-state index contributed by atoms with van der Waals surface area (Å²) in [6.45, 7) is 8.36. The first-order chi connectivity index (χ1) is 5.10. The summed E-state index contributed by atoms with van der Waals surface area (Å²) in [7, 11) is 0. The van der Waals surface area contributed by atoms with Crippen molar-refractivity contribution in [3.05, 3.63) is 0 Å². The van der Waals surface area contributed by atoms with Crippen LogP contribution in [-0.4, -0.2) is 11.4 Å². The molecule has 0 saturated carbocycles. The molecule has 0 radical (unpaired) electrons. The lowest BCUT2D eigenvalue weighted by Crippen LogP contribution is -2.26. The van der Waals surface area contributed by atoms with Crippen molar-refractivity contribution < 1.29 is 0 Å². The minimum Gasteiger partial charge on any atom is -0.388 e. The molecule has 11 heavy (non-hydrogen) atoms. The van der Waals surface area contributed by atoms with Crippen LogP contribution in [-0.2, 0) is 0 Å². The molecule has 0 aliphatic rings. The maximum Gasteiger partial charge on any atom is 0.0912 e. The highest BCUT2D eigenvalue weighted by Crippen LogP contribution is 2.24. The Hall–Kier alpha value is -0.530. The Morgan fingerprint density at radius 3 is 1.64 bits per heavy atom. The summed E-state index contributed by atoms with van der Waals surface area (Å²) in [6.07, 6.45) is 3.23. The SMILES string of the molecule is CCC(CC)(CC)N=C(C)N. The highest BCUT2D eigenvalue weighted by Gasteiger charge is 2.21. The van der Waals surface area contributed by atoms with Gasteiger partial charge in [0.15, 0.2) is 0 Å². The number of hydrogen-bond donors (Lipinski definition) is 1. The van der Waals surface area contributed by atoms with Crippen LogP contribution < -0.4 is 5.73 Å². The largest absolute Gasteiger partial charge is 0.388 e. The Bertz CT molecular complexity index is 122. The van der Waals surface area contributed by atoms with Crippen LogP contribution in [0.25, 0.3) is 0 Å². The molecule has 0 aliphatic carbocycles. The molecule has 0 spiro atoms. The van der Waals surface area contributed by atoms with E-state index in [0.29, 0.717) is 5.84 Å². The van der Waals surface area contributed by atoms with Crippen LogP contribution >= 0.6 is 0 Å². The van der Waals surface area contributed by atoms with E-state index < -0.39 is 0 Å². The van der Waals surface area contributed by atoms with Gasteiger partial charge in [-0.25, -0.2) is 0 Å². The van der Waals surface area contributed by atoms with Crippen molar-refractivity contribution in [2.75, 3.05) is 0 Å². The number of aliphatic imine (C=N–C) groups is 1. The van der Waals surface area contributed by atoms with E-state index in [2.05, 4.69) is 25.8 Å². The molecule has 2 heteroatoms. The van der Waals surface area contributed by atoms with Gasteiger partial charge in [-0.2, -0.15) is 0 Å². The second-order valence-electron chi connectivity index (χ2n) is 3.04. The molecule has 0 aliphatic heterocycles.